The molecule has 0 amide bonds. The summed E-state index contributed by atoms with van der Waals surface area (Å²) in [6, 6.07) is 37.4. The van der Waals surface area contributed by atoms with Crippen LogP contribution < -0.4 is 9.80 Å². The molecule has 3 saturated heterocycles. The molecule has 1 aliphatic carbocycles. The maximum absolute atomic E-state index is 2.58. The Morgan fingerprint density at radius 1 is 0.478 bits per heavy atom. The van der Waals surface area contributed by atoms with E-state index in [-0.39, 0.29) is 0 Å². The highest BCUT2D eigenvalue weighted by atomic mass is 15.1. The molecule has 5 aromatic rings. The second kappa shape index (κ2) is 11.6. The molecule has 3 aliphatic heterocycles. The Morgan fingerprint density at radius 2 is 0.978 bits per heavy atom. The number of hydrogen-bond donors (Lipinski definition) is 0. The van der Waals surface area contributed by atoms with E-state index in [1.54, 1.807) is 0 Å². The molecule has 0 bridgehead atoms. The van der Waals surface area contributed by atoms with Crippen molar-refractivity contribution < 1.29 is 4.58 Å². The highest BCUT2D eigenvalue weighted by Crippen LogP contribution is 2.40. The first-order valence-electron chi connectivity index (χ1n) is 17.5. The molecular formula is C43H42N3+. The van der Waals surface area contributed by atoms with Crippen LogP contribution in [-0.2, 0) is 0 Å². The van der Waals surface area contributed by atoms with E-state index in [1.165, 1.54) is 137 Å². The zero-order valence-corrected chi connectivity index (χ0v) is 26.7. The monoisotopic (exact) mass is 600 g/mol. The van der Waals surface area contributed by atoms with Crippen molar-refractivity contribution in [3.63, 3.8) is 0 Å². The first-order valence-corrected chi connectivity index (χ1v) is 17.5. The Kier molecular flexibility index (Phi) is 6.99. The van der Waals surface area contributed by atoms with Gasteiger partial charge in [-0.1, -0.05) is 54.6 Å². The summed E-state index contributed by atoms with van der Waals surface area (Å²) in [5.41, 5.74) is 11.9. The third kappa shape index (κ3) is 4.94. The topological polar surface area (TPSA) is 9.49 Å². The summed E-state index contributed by atoms with van der Waals surface area (Å²) >= 11 is 0. The molecule has 3 nitrogen and oxygen atoms in total. The van der Waals surface area contributed by atoms with Crippen LogP contribution in [0.5, 0.6) is 0 Å². The number of hydrogen-bond acceptors (Lipinski definition) is 2. The number of nitrogens with zero attached hydrogens (tertiary/aromatic N) is 3. The average Bonchev–Trinajstić information content (AvgIpc) is 3.93. The van der Waals surface area contributed by atoms with Gasteiger partial charge < -0.3 is 9.80 Å². The van der Waals surface area contributed by atoms with E-state index in [0.717, 1.165) is 13.1 Å². The maximum atomic E-state index is 2.58. The van der Waals surface area contributed by atoms with Crippen LogP contribution in [0, 0.1) is 0 Å². The van der Waals surface area contributed by atoms with Crippen LogP contribution in [0.15, 0.2) is 109 Å². The molecule has 3 heteroatoms. The third-order valence-corrected chi connectivity index (χ3v) is 10.8. The lowest BCUT2D eigenvalue weighted by atomic mass is 9.83. The van der Waals surface area contributed by atoms with Crippen LogP contribution in [0.3, 0.4) is 0 Å². The Labute approximate surface area is 272 Å². The fourth-order valence-corrected chi connectivity index (χ4v) is 8.33. The highest BCUT2D eigenvalue weighted by Gasteiger charge is 2.27. The number of anilines is 2. The zero-order valence-electron chi connectivity index (χ0n) is 26.7. The van der Waals surface area contributed by atoms with Crippen molar-refractivity contribution in [1.82, 2.24) is 0 Å². The molecule has 0 spiro atoms. The molecule has 0 atom stereocenters. The molecule has 0 radical (unpaired) electrons. The summed E-state index contributed by atoms with van der Waals surface area (Å²) in [6.07, 6.45) is 12.5. The Bertz CT molecular complexity index is 1960. The second-order valence-electron chi connectivity index (χ2n) is 13.6. The number of fused-ring (bicyclic) bond motifs is 3. The lowest BCUT2D eigenvalue weighted by Crippen LogP contribution is -2.21. The van der Waals surface area contributed by atoms with Crippen molar-refractivity contribution in [2.24, 2.45) is 0 Å². The van der Waals surface area contributed by atoms with Crippen LogP contribution in [0.25, 0.3) is 32.7 Å². The van der Waals surface area contributed by atoms with Gasteiger partial charge in [-0.05, 0) is 124 Å². The van der Waals surface area contributed by atoms with Crippen molar-refractivity contribution in [2.75, 3.05) is 49.1 Å². The predicted molar refractivity (Wildman–Crippen MR) is 196 cm³/mol. The van der Waals surface area contributed by atoms with Gasteiger partial charge in [-0.25, -0.2) is 4.58 Å². The Balaban J connectivity index is 1.22. The van der Waals surface area contributed by atoms with Gasteiger partial charge in [0.25, 0.3) is 0 Å². The van der Waals surface area contributed by atoms with E-state index in [4.69, 9.17) is 0 Å². The van der Waals surface area contributed by atoms with E-state index >= 15 is 0 Å². The Morgan fingerprint density at radius 3 is 1.54 bits per heavy atom. The van der Waals surface area contributed by atoms with Gasteiger partial charge in [0.15, 0.2) is 0 Å². The lowest BCUT2D eigenvalue weighted by molar-refractivity contribution is -0.504. The molecule has 0 saturated carbocycles. The van der Waals surface area contributed by atoms with Gasteiger partial charge in [-0.2, -0.15) is 0 Å². The summed E-state index contributed by atoms with van der Waals surface area (Å²) in [7, 11) is 0. The van der Waals surface area contributed by atoms with E-state index in [0.29, 0.717) is 0 Å². The molecule has 5 aromatic carbocycles. The molecule has 3 fully saturated rings. The van der Waals surface area contributed by atoms with Gasteiger partial charge in [-0.3, -0.25) is 0 Å². The van der Waals surface area contributed by atoms with Crippen molar-refractivity contribution in [2.45, 2.75) is 38.5 Å². The summed E-state index contributed by atoms with van der Waals surface area (Å²) in [4.78, 5) is 5.06. The van der Waals surface area contributed by atoms with Gasteiger partial charge in [0.05, 0.1) is 5.56 Å². The first kappa shape index (κ1) is 27.7. The minimum atomic E-state index is 1.15. The van der Waals surface area contributed by atoms with E-state index < -0.39 is 0 Å². The standard InChI is InChI=1S/C43H42N3/c1-2-10-40-39(9-1)41(19-20-42(40)46-25-7-8-26-46)43(35-13-11-33-29-37(17-15-31(33)27-35)44-21-3-4-22-44)36-14-12-34-30-38(18-16-32(34)28-36)45-23-5-6-24-45/h1-2,9-20,27-30H,3-8,21-26H2/q+1. The van der Waals surface area contributed by atoms with Crippen LogP contribution in [0.4, 0.5) is 11.4 Å². The summed E-state index contributed by atoms with van der Waals surface area (Å²) in [5, 5.41) is 5.23. The molecule has 228 valence electrons. The quantitative estimate of drug-likeness (QED) is 0.190. The Hall–Kier alpha value is -4.63. The second-order valence-corrected chi connectivity index (χ2v) is 13.6. The fourth-order valence-electron chi connectivity index (χ4n) is 8.33. The van der Waals surface area contributed by atoms with Crippen LogP contribution in [-0.4, -0.2) is 49.6 Å². The predicted octanol–water partition coefficient (Wildman–Crippen LogP) is 9.32. The molecule has 3 heterocycles. The number of allylic oxidation sites excluding steroid dienone is 3. The van der Waals surface area contributed by atoms with E-state index in [9.17, 15) is 0 Å². The number of rotatable bonds is 4. The average molecular weight is 601 g/mol. The zero-order chi connectivity index (χ0) is 30.5. The van der Waals surface area contributed by atoms with Gasteiger partial charge in [0.2, 0.25) is 5.71 Å². The lowest BCUT2D eigenvalue weighted by Gasteiger charge is -2.22. The largest absolute Gasteiger partial charge is 0.372 e. The summed E-state index contributed by atoms with van der Waals surface area (Å²) in [6.45, 7) is 6.97. The smallest absolute Gasteiger partial charge is 0.207 e. The highest BCUT2D eigenvalue weighted by molar-refractivity contribution is 6.17. The summed E-state index contributed by atoms with van der Waals surface area (Å²) in [5.74, 6) is 0. The minimum Gasteiger partial charge on any atom is -0.372 e. The molecule has 4 aliphatic rings. The van der Waals surface area contributed by atoms with Crippen molar-refractivity contribution >= 4 is 49.8 Å². The first-order chi connectivity index (χ1) is 22.8. The SMILES string of the molecule is C1=CC(=[N+]2CCCC2)c2ccccc2C1=C(c1ccc2cc(N3CCCC3)ccc2c1)c1ccc2cc(N3CCCC3)ccc2c1. The molecule has 46 heavy (non-hydrogen) atoms. The van der Waals surface area contributed by atoms with E-state index in [2.05, 4.69) is 124 Å². The minimum absolute atomic E-state index is 1.15. The molecule has 9 rings (SSSR count). The molecule has 0 N–H and O–H groups in total. The van der Waals surface area contributed by atoms with Crippen LogP contribution in [0.1, 0.15) is 60.8 Å². The molecule has 0 aromatic heterocycles. The van der Waals surface area contributed by atoms with Crippen molar-refractivity contribution in [1.29, 1.82) is 0 Å². The molecule has 0 unspecified atom stereocenters. The summed E-state index contributed by atoms with van der Waals surface area (Å²) < 4.78 is 2.58. The van der Waals surface area contributed by atoms with E-state index in [1.807, 2.05) is 0 Å². The third-order valence-electron chi connectivity index (χ3n) is 10.8. The fraction of sp³-hybridized carbons (Fsp3) is 0.279. The van der Waals surface area contributed by atoms with Crippen LogP contribution in [0.2, 0.25) is 0 Å². The van der Waals surface area contributed by atoms with Crippen molar-refractivity contribution in [3.05, 3.63) is 131 Å². The van der Waals surface area contributed by atoms with Gasteiger partial charge >= 0.3 is 0 Å². The van der Waals surface area contributed by atoms with Gasteiger partial charge in [0.1, 0.15) is 13.1 Å². The molecular weight excluding hydrogens is 558 g/mol. The van der Waals surface area contributed by atoms with Crippen molar-refractivity contribution in [3.8, 4) is 0 Å². The van der Waals surface area contributed by atoms with Gasteiger partial charge in [-0.15, -0.1) is 0 Å². The maximum Gasteiger partial charge on any atom is 0.207 e. The van der Waals surface area contributed by atoms with Crippen LogP contribution >= 0.6 is 0 Å². The van der Waals surface area contributed by atoms with Gasteiger partial charge in [0, 0.05) is 56.5 Å². The normalized spacial score (nSPS) is 18.0. The number of benzene rings is 5.